The normalized spacial score (nSPS) is 11.1. The van der Waals surface area contributed by atoms with Gasteiger partial charge in [0.25, 0.3) is 5.56 Å². The summed E-state index contributed by atoms with van der Waals surface area (Å²) in [5.41, 5.74) is -0.0348. The Balaban J connectivity index is 2.26. The number of rotatable bonds is 5. The number of aromatic nitrogens is 2. The van der Waals surface area contributed by atoms with Crippen LogP contribution in [0.4, 0.5) is 8.78 Å². The molecule has 0 amide bonds. The molecule has 2 rings (SSSR count). The van der Waals surface area contributed by atoms with Crippen molar-refractivity contribution in [1.29, 1.82) is 0 Å². The molecule has 1 N–H and O–H groups in total. The van der Waals surface area contributed by atoms with Crippen LogP contribution in [0.3, 0.4) is 0 Å². The van der Waals surface area contributed by atoms with Crippen LogP contribution < -0.4 is 5.56 Å². The molecule has 1 heterocycles. The first-order valence-corrected chi connectivity index (χ1v) is 7.60. The van der Waals surface area contributed by atoms with Crippen molar-refractivity contribution in [3.63, 3.8) is 0 Å². The van der Waals surface area contributed by atoms with Crippen molar-refractivity contribution in [1.82, 2.24) is 9.97 Å². The van der Waals surface area contributed by atoms with E-state index in [9.17, 15) is 13.6 Å². The van der Waals surface area contributed by atoms with Crippen LogP contribution in [0.5, 0.6) is 0 Å². The number of H-pyrrole nitrogens is 1. The molecule has 0 spiro atoms. The number of nitrogens with one attached hydrogen (secondary N) is 1. The van der Waals surface area contributed by atoms with E-state index in [0.29, 0.717) is 16.8 Å². The van der Waals surface area contributed by atoms with Crippen LogP contribution in [0.15, 0.2) is 34.2 Å². The van der Waals surface area contributed by atoms with Crippen molar-refractivity contribution in [2.45, 2.75) is 25.4 Å². The molecule has 3 nitrogen and oxygen atoms in total. The average molecular weight is 310 g/mol. The van der Waals surface area contributed by atoms with Crippen LogP contribution in [0, 0.1) is 17.6 Å². The zero-order valence-electron chi connectivity index (χ0n) is 11.8. The zero-order valence-corrected chi connectivity index (χ0v) is 12.6. The van der Waals surface area contributed by atoms with Gasteiger partial charge in [0.15, 0.2) is 5.16 Å². The van der Waals surface area contributed by atoms with E-state index < -0.39 is 11.6 Å². The van der Waals surface area contributed by atoms with Gasteiger partial charge in [-0.25, -0.2) is 13.8 Å². The largest absolute Gasteiger partial charge is 0.301 e. The van der Waals surface area contributed by atoms with E-state index in [1.165, 1.54) is 36.0 Å². The van der Waals surface area contributed by atoms with E-state index >= 15 is 0 Å². The number of aromatic amines is 1. The van der Waals surface area contributed by atoms with Gasteiger partial charge in [-0.05, 0) is 18.1 Å². The highest BCUT2D eigenvalue weighted by molar-refractivity contribution is 7.99. The second kappa shape index (κ2) is 6.85. The number of hydrogen-bond donors (Lipinski definition) is 1. The molecule has 1 aromatic heterocycles. The molecule has 0 saturated carbocycles. The predicted octanol–water partition coefficient (Wildman–Crippen LogP) is 3.39. The maximum absolute atomic E-state index is 13.6. The molecule has 0 aliphatic carbocycles. The minimum atomic E-state index is -0.631. The molecule has 1 aromatic carbocycles. The highest BCUT2D eigenvalue weighted by atomic mass is 32.2. The average Bonchev–Trinajstić information content (AvgIpc) is 2.40. The summed E-state index contributed by atoms with van der Waals surface area (Å²) in [6.07, 6.45) is -0.0440. The Morgan fingerprint density at radius 1 is 1.29 bits per heavy atom. The molecule has 0 aliphatic rings. The van der Waals surface area contributed by atoms with Crippen molar-refractivity contribution < 1.29 is 8.78 Å². The monoisotopic (exact) mass is 310 g/mol. The Morgan fingerprint density at radius 2 is 1.95 bits per heavy atom. The lowest BCUT2D eigenvalue weighted by Gasteiger charge is -2.07. The fraction of sp³-hybridized carbons (Fsp3) is 0.333. The van der Waals surface area contributed by atoms with E-state index in [1.807, 2.05) is 0 Å². The summed E-state index contributed by atoms with van der Waals surface area (Å²) in [6, 6.07) is 4.97. The third-order valence-corrected chi connectivity index (χ3v) is 4.05. The van der Waals surface area contributed by atoms with E-state index in [2.05, 4.69) is 23.8 Å². The summed E-state index contributed by atoms with van der Waals surface area (Å²) in [4.78, 5) is 18.5. The third kappa shape index (κ3) is 4.39. The Hall–Kier alpha value is -1.69. The minimum Gasteiger partial charge on any atom is -0.301 e. The van der Waals surface area contributed by atoms with Gasteiger partial charge in [-0.15, -0.1) is 0 Å². The lowest BCUT2D eigenvalue weighted by molar-refractivity contribution is 0.559. The van der Waals surface area contributed by atoms with Crippen LogP contribution >= 0.6 is 11.8 Å². The van der Waals surface area contributed by atoms with Gasteiger partial charge in [0.1, 0.15) is 11.6 Å². The predicted molar refractivity (Wildman–Crippen MR) is 79.6 cm³/mol. The minimum absolute atomic E-state index is 0.0440. The fourth-order valence-electron chi connectivity index (χ4n) is 1.77. The Morgan fingerprint density at radius 3 is 2.57 bits per heavy atom. The maximum atomic E-state index is 13.6. The third-order valence-electron chi connectivity index (χ3n) is 2.75. The van der Waals surface area contributed by atoms with Crippen LogP contribution in [0.1, 0.15) is 25.1 Å². The van der Waals surface area contributed by atoms with Gasteiger partial charge < -0.3 is 4.98 Å². The Bertz CT molecular complexity index is 665. The van der Waals surface area contributed by atoms with E-state index in [0.717, 1.165) is 5.75 Å². The summed E-state index contributed by atoms with van der Waals surface area (Å²) in [5, 5.41) is 0.475. The first-order valence-electron chi connectivity index (χ1n) is 6.61. The van der Waals surface area contributed by atoms with Crippen LogP contribution in [-0.2, 0) is 6.42 Å². The van der Waals surface area contributed by atoms with E-state index in [-0.39, 0.29) is 17.5 Å². The Labute approximate surface area is 125 Å². The second-order valence-corrected chi connectivity index (χ2v) is 6.13. The Kier molecular flexibility index (Phi) is 5.12. The fourth-order valence-corrected chi connectivity index (χ4v) is 2.62. The molecular weight excluding hydrogens is 294 g/mol. The first-order chi connectivity index (χ1) is 9.95. The van der Waals surface area contributed by atoms with Crippen LogP contribution in [0.2, 0.25) is 0 Å². The molecule has 0 atom stereocenters. The highest BCUT2D eigenvalue weighted by Crippen LogP contribution is 2.18. The van der Waals surface area contributed by atoms with Gasteiger partial charge in [0.05, 0.1) is 5.69 Å². The first kappa shape index (κ1) is 15.7. The lowest BCUT2D eigenvalue weighted by atomic mass is 10.1. The van der Waals surface area contributed by atoms with Gasteiger partial charge >= 0.3 is 0 Å². The van der Waals surface area contributed by atoms with Crippen molar-refractivity contribution >= 4 is 11.8 Å². The molecule has 0 fully saturated rings. The van der Waals surface area contributed by atoms with Gasteiger partial charge in [0, 0.05) is 23.8 Å². The SMILES string of the molecule is CC(C)CSc1nc(Cc2c(F)cccc2F)cc(=O)[nH]1. The van der Waals surface area contributed by atoms with Gasteiger partial charge in [-0.1, -0.05) is 31.7 Å². The molecular formula is C15H16F2N2OS. The quantitative estimate of drug-likeness (QED) is 0.680. The number of benzene rings is 1. The maximum Gasteiger partial charge on any atom is 0.251 e. The summed E-state index contributed by atoms with van der Waals surface area (Å²) in [5.74, 6) is -0.00427. The second-order valence-electron chi connectivity index (χ2n) is 5.12. The number of halogens is 2. The topological polar surface area (TPSA) is 45.8 Å². The van der Waals surface area contributed by atoms with Crippen molar-refractivity contribution in [2.75, 3.05) is 5.75 Å². The summed E-state index contributed by atoms with van der Waals surface area (Å²) < 4.78 is 27.3. The highest BCUT2D eigenvalue weighted by Gasteiger charge is 2.11. The number of thioether (sulfide) groups is 1. The smallest absolute Gasteiger partial charge is 0.251 e. The van der Waals surface area contributed by atoms with Crippen LogP contribution in [-0.4, -0.2) is 15.7 Å². The van der Waals surface area contributed by atoms with Crippen molar-refractivity contribution in [2.24, 2.45) is 5.92 Å². The molecule has 21 heavy (non-hydrogen) atoms. The molecule has 0 unspecified atom stereocenters. The molecule has 0 radical (unpaired) electrons. The molecule has 6 heteroatoms. The van der Waals surface area contributed by atoms with Crippen molar-refractivity contribution in [3.8, 4) is 0 Å². The molecule has 0 saturated heterocycles. The lowest BCUT2D eigenvalue weighted by Crippen LogP contribution is -2.11. The summed E-state index contributed by atoms with van der Waals surface area (Å²) >= 11 is 1.42. The number of nitrogens with zero attached hydrogens (tertiary/aromatic N) is 1. The number of hydrogen-bond acceptors (Lipinski definition) is 3. The molecule has 0 bridgehead atoms. The zero-order chi connectivity index (χ0) is 15.4. The van der Waals surface area contributed by atoms with Gasteiger partial charge in [0.2, 0.25) is 0 Å². The van der Waals surface area contributed by atoms with Crippen LogP contribution in [0.25, 0.3) is 0 Å². The standard InChI is InChI=1S/C15H16F2N2OS/c1-9(2)8-21-15-18-10(7-14(20)19-15)6-11-12(16)4-3-5-13(11)17/h3-5,7,9H,6,8H2,1-2H3,(H,18,19,20). The molecule has 2 aromatic rings. The summed E-state index contributed by atoms with van der Waals surface area (Å²) in [6.45, 7) is 4.12. The molecule has 112 valence electrons. The summed E-state index contributed by atoms with van der Waals surface area (Å²) in [7, 11) is 0. The van der Waals surface area contributed by atoms with E-state index in [4.69, 9.17) is 0 Å². The van der Waals surface area contributed by atoms with E-state index in [1.54, 1.807) is 0 Å². The molecule has 0 aliphatic heterocycles. The van der Waals surface area contributed by atoms with Gasteiger partial charge in [-0.3, -0.25) is 4.79 Å². The van der Waals surface area contributed by atoms with Gasteiger partial charge in [-0.2, -0.15) is 0 Å². The van der Waals surface area contributed by atoms with Crippen molar-refractivity contribution in [3.05, 3.63) is 57.5 Å².